The number of rotatable bonds is 8. The minimum atomic E-state index is 0.311. The molecule has 3 heteroatoms. The molecule has 3 nitrogen and oxygen atoms in total. The summed E-state index contributed by atoms with van der Waals surface area (Å²) >= 11 is 0. The van der Waals surface area contributed by atoms with Crippen LogP contribution in [0.3, 0.4) is 0 Å². The molecule has 17 heavy (non-hydrogen) atoms. The molecule has 1 N–H and O–H groups in total. The monoisotopic (exact) mass is 239 g/mol. The number of hydrogen-bond acceptors (Lipinski definition) is 3. The maximum Gasteiger partial charge on any atom is 0.118 e. The predicted molar refractivity (Wildman–Crippen MR) is 70.0 cm³/mol. The van der Waals surface area contributed by atoms with Crippen molar-refractivity contribution in [2.45, 2.75) is 59.8 Å². The maximum absolute atomic E-state index is 5.72. The van der Waals surface area contributed by atoms with Gasteiger partial charge in [0, 0.05) is 5.56 Å². The van der Waals surface area contributed by atoms with Crippen LogP contribution in [0.4, 0.5) is 0 Å². The zero-order valence-corrected chi connectivity index (χ0v) is 11.5. The zero-order chi connectivity index (χ0) is 12.7. The van der Waals surface area contributed by atoms with E-state index in [0.717, 1.165) is 37.5 Å². The summed E-state index contributed by atoms with van der Waals surface area (Å²) in [6.07, 6.45) is 2.50. The molecule has 1 unspecified atom stereocenters. The van der Waals surface area contributed by atoms with Gasteiger partial charge in [0.25, 0.3) is 0 Å². The van der Waals surface area contributed by atoms with Gasteiger partial charge in [-0.25, -0.2) is 0 Å². The average Bonchev–Trinajstić information content (AvgIpc) is 2.67. The van der Waals surface area contributed by atoms with Gasteiger partial charge < -0.3 is 14.5 Å². The van der Waals surface area contributed by atoms with Gasteiger partial charge in [0.15, 0.2) is 0 Å². The first-order valence-corrected chi connectivity index (χ1v) is 6.57. The Balaban J connectivity index is 2.44. The Hall–Kier alpha value is -0.800. The molecule has 1 aromatic rings. The molecule has 1 atom stereocenters. The number of furan rings is 1. The Morgan fingerprint density at radius 3 is 2.82 bits per heavy atom. The first-order valence-electron chi connectivity index (χ1n) is 6.57. The van der Waals surface area contributed by atoms with Crippen molar-refractivity contribution in [2.24, 2.45) is 0 Å². The third-order valence-electron chi connectivity index (χ3n) is 2.90. The largest absolute Gasteiger partial charge is 0.465 e. The normalized spacial score (nSPS) is 12.9. The fourth-order valence-electron chi connectivity index (χ4n) is 1.56. The van der Waals surface area contributed by atoms with Crippen LogP contribution in [-0.2, 0) is 17.9 Å². The third kappa shape index (κ3) is 4.92. The van der Waals surface area contributed by atoms with Gasteiger partial charge in [0.1, 0.15) is 11.5 Å². The summed E-state index contributed by atoms with van der Waals surface area (Å²) in [7, 11) is 0. The van der Waals surface area contributed by atoms with Gasteiger partial charge in [-0.2, -0.15) is 0 Å². The molecule has 0 aromatic carbocycles. The van der Waals surface area contributed by atoms with Crippen LogP contribution in [0.15, 0.2) is 10.5 Å². The second kappa shape index (κ2) is 7.51. The summed E-state index contributed by atoms with van der Waals surface area (Å²) in [5.74, 6) is 1.97. The molecule has 0 radical (unpaired) electrons. The van der Waals surface area contributed by atoms with Gasteiger partial charge in [-0.1, -0.05) is 13.8 Å². The third-order valence-corrected chi connectivity index (χ3v) is 2.90. The Labute approximate surface area is 105 Å². The number of nitrogens with one attached hydrogen (secondary N) is 1. The van der Waals surface area contributed by atoms with Crippen molar-refractivity contribution in [3.05, 3.63) is 23.2 Å². The average molecular weight is 239 g/mol. The summed E-state index contributed by atoms with van der Waals surface area (Å²) in [6, 6.07) is 2.10. The molecule has 1 rings (SSSR count). The van der Waals surface area contributed by atoms with Crippen LogP contribution in [0.2, 0.25) is 0 Å². The van der Waals surface area contributed by atoms with Crippen molar-refractivity contribution in [2.75, 3.05) is 6.54 Å². The molecule has 0 bridgehead atoms. The van der Waals surface area contributed by atoms with Crippen LogP contribution < -0.4 is 5.32 Å². The van der Waals surface area contributed by atoms with Crippen molar-refractivity contribution in [3.63, 3.8) is 0 Å². The molecule has 0 aliphatic heterocycles. The first-order chi connectivity index (χ1) is 8.17. The lowest BCUT2D eigenvalue weighted by molar-refractivity contribution is 0.0502. The van der Waals surface area contributed by atoms with Gasteiger partial charge in [-0.05, 0) is 39.3 Å². The summed E-state index contributed by atoms with van der Waals surface area (Å²) in [5, 5.41) is 3.33. The lowest BCUT2D eigenvalue weighted by Crippen LogP contribution is -2.13. The lowest BCUT2D eigenvalue weighted by Gasteiger charge is -2.09. The van der Waals surface area contributed by atoms with Crippen molar-refractivity contribution >= 4 is 0 Å². The quantitative estimate of drug-likeness (QED) is 0.706. The molecule has 1 aromatic heterocycles. The van der Waals surface area contributed by atoms with Crippen molar-refractivity contribution in [1.82, 2.24) is 5.32 Å². The van der Waals surface area contributed by atoms with Crippen LogP contribution in [0.1, 0.15) is 50.7 Å². The predicted octanol–water partition coefficient (Wildman–Crippen LogP) is 3.40. The van der Waals surface area contributed by atoms with E-state index in [9.17, 15) is 0 Å². The van der Waals surface area contributed by atoms with Crippen LogP contribution in [0.25, 0.3) is 0 Å². The minimum absolute atomic E-state index is 0.311. The van der Waals surface area contributed by atoms with Crippen LogP contribution >= 0.6 is 0 Å². The fraction of sp³-hybridized carbons (Fsp3) is 0.714. The SMILES string of the molecule is CCCNCc1cc(COC(C)CC)c(C)o1. The highest BCUT2D eigenvalue weighted by atomic mass is 16.5. The van der Waals surface area contributed by atoms with Gasteiger partial charge in [0.2, 0.25) is 0 Å². The summed E-state index contributed by atoms with van der Waals surface area (Å²) < 4.78 is 11.4. The summed E-state index contributed by atoms with van der Waals surface area (Å²) in [5.41, 5.74) is 1.17. The van der Waals surface area contributed by atoms with Crippen LogP contribution in [0.5, 0.6) is 0 Å². The van der Waals surface area contributed by atoms with Gasteiger partial charge in [-0.15, -0.1) is 0 Å². The molecule has 0 aliphatic rings. The highest BCUT2D eigenvalue weighted by Crippen LogP contribution is 2.16. The first kappa shape index (κ1) is 14.3. The van der Waals surface area contributed by atoms with E-state index >= 15 is 0 Å². The van der Waals surface area contributed by atoms with Crippen molar-refractivity contribution in [1.29, 1.82) is 0 Å². The molecule has 0 saturated carbocycles. The van der Waals surface area contributed by atoms with Crippen molar-refractivity contribution < 1.29 is 9.15 Å². The van der Waals surface area contributed by atoms with E-state index in [0.29, 0.717) is 12.7 Å². The fourth-order valence-corrected chi connectivity index (χ4v) is 1.56. The molecule has 0 spiro atoms. The minimum Gasteiger partial charge on any atom is -0.465 e. The van der Waals surface area contributed by atoms with E-state index in [1.54, 1.807) is 0 Å². The molecular formula is C14H25NO2. The Morgan fingerprint density at radius 1 is 1.41 bits per heavy atom. The Morgan fingerprint density at radius 2 is 2.18 bits per heavy atom. The topological polar surface area (TPSA) is 34.4 Å². The lowest BCUT2D eigenvalue weighted by atomic mass is 10.2. The van der Waals surface area contributed by atoms with Gasteiger partial charge in [-0.3, -0.25) is 0 Å². The summed E-state index contributed by atoms with van der Waals surface area (Å²) in [4.78, 5) is 0. The van der Waals surface area contributed by atoms with Crippen LogP contribution in [0, 0.1) is 6.92 Å². The number of hydrogen-bond donors (Lipinski definition) is 1. The zero-order valence-electron chi connectivity index (χ0n) is 11.5. The summed E-state index contributed by atoms with van der Waals surface area (Å²) in [6.45, 7) is 10.9. The highest BCUT2D eigenvalue weighted by molar-refractivity contribution is 5.19. The molecule has 0 fully saturated rings. The van der Waals surface area contributed by atoms with Gasteiger partial charge in [0.05, 0.1) is 19.3 Å². The molecular weight excluding hydrogens is 214 g/mol. The molecule has 98 valence electrons. The molecule has 1 heterocycles. The number of aryl methyl sites for hydroxylation is 1. The van der Waals surface area contributed by atoms with Crippen LogP contribution in [-0.4, -0.2) is 12.6 Å². The van der Waals surface area contributed by atoms with E-state index in [4.69, 9.17) is 9.15 Å². The molecule has 0 aliphatic carbocycles. The second-order valence-corrected chi connectivity index (χ2v) is 4.50. The maximum atomic E-state index is 5.72. The molecule has 0 amide bonds. The highest BCUT2D eigenvalue weighted by Gasteiger charge is 2.08. The van der Waals surface area contributed by atoms with E-state index in [-0.39, 0.29) is 0 Å². The van der Waals surface area contributed by atoms with Gasteiger partial charge >= 0.3 is 0 Å². The van der Waals surface area contributed by atoms with Crippen molar-refractivity contribution in [3.8, 4) is 0 Å². The molecule has 0 saturated heterocycles. The van der Waals surface area contributed by atoms with E-state index in [1.165, 1.54) is 5.56 Å². The standard InChI is InChI=1S/C14H25NO2/c1-5-7-15-9-14-8-13(12(4)17-14)10-16-11(3)6-2/h8,11,15H,5-7,9-10H2,1-4H3. The number of ether oxygens (including phenoxy) is 1. The van der Waals surface area contributed by atoms with E-state index in [1.807, 2.05) is 6.92 Å². The Bertz CT molecular complexity index is 320. The Kier molecular flexibility index (Phi) is 6.30. The second-order valence-electron chi connectivity index (χ2n) is 4.50. The van der Waals surface area contributed by atoms with E-state index in [2.05, 4.69) is 32.2 Å². The van der Waals surface area contributed by atoms with E-state index < -0.39 is 0 Å². The smallest absolute Gasteiger partial charge is 0.118 e.